The molecule has 0 spiro atoms. The van der Waals surface area contributed by atoms with Crippen LogP contribution in [0.3, 0.4) is 0 Å². The number of amides is 1. The van der Waals surface area contributed by atoms with Crippen molar-refractivity contribution in [2.75, 3.05) is 5.32 Å². The molecule has 0 unspecified atom stereocenters. The molecule has 1 N–H and O–H groups in total. The molecule has 0 saturated carbocycles. The second-order valence-electron chi connectivity index (χ2n) is 6.62. The van der Waals surface area contributed by atoms with Crippen molar-refractivity contribution in [2.24, 2.45) is 0 Å². The van der Waals surface area contributed by atoms with Gasteiger partial charge in [-0.3, -0.25) is 14.2 Å². The molecule has 2 heterocycles. The van der Waals surface area contributed by atoms with E-state index >= 15 is 0 Å². The number of fused-ring (bicyclic) bond motifs is 1. The van der Waals surface area contributed by atoms with Gasteiger partial charge in [0.1, 0.15) is 18.3 Å². The zero-order chi connectivity index (χ0) is 19.7. The molecule has 7 nitrogen and oxygen atoms in total. The Bertz CT molecular complexity index is 1200. The average molecular weight is 373 g/mol. The lowest BCUT2D eigenvalue weighted by Crippen LogP contribution is -2.28. The highest BCUT2D eigenvalue weighted by Gasteiger charge is 2.14. The fourth-order valence-electron chi connectivity index (χ4n) is 3.16. The lowest BCUT2D eigenvalue weighted by atomic mass is 10.1. The highest BCUT2D eigenvalue weighted by atomic mass is 16.2. The van der Waals surface area contributed by atoms with E-state index in [1.807, 2.05) is 62.4 Å². The number of para-hydroxylation sites is 2. The Balaban J connectivity index is 1.63. The summed E-state index contributed by atoms with van der Waals surface area (Å²) >= 11 is 0. The maximum absolute atomic E-state index is 12.8. The number of hydrogen-bond acceptors (Lipinski definition) is 4. The van der Waals surface area contributed by atoms with Crippen LogP contribution in [0.25, 0.3) is 16.7 Å². The van der Waals surface area contributed by atoms with Crippen LogP contribution in [-0.2, 0) is 11.3 Å². The SMILES string of the molecule is Cc1cccc(C)c1NC(=O)Cn1cnc2c(cnn2-c2ccccc2)c1=O. The standard InChI is InChI=1S/C21H19N5O2/c1-14-7-6-8-15(2)19(14)24-18(27)12-25-13-22-20-17(21(25)28)11-23-26(20)16-9-4-3-5-10-16/h3-11,13H,12H2,1-2H3,(H,24,27). The zero-order valence-corrected chi connectivity index (χ0v) is 15.6. The number of anilines is 1. The Hall–Kier alpha value is -3.74. The Labute approximate surface area is 161 Å². The van der Waals surface area contributed by atoms with Crippen molar-refractivity contribution in [1.29, 1.82) is 0 Å². The van der Waals surface area contributed by atoms with E-state index in [0.29, 0.717) is 11.0 Å². The third-order valence-corrected chi connectivity index (χ3v) is 4.61. The Kier molecular flexibility index (Phi) is 4.49. The molecule has 2 aromatic heterocycles. The van der Waals surface area contributed by atoms with Crippen LogP contribution >= 0.6 is 0 Å². The maximum atomic E-state index is 12.8. The molecule has 0 aliphatic heterocycles. The maximum Gasteiger partial charge on any atom is 0.264 e. The predicted molar refractivity (Wildman–Crippen MR) is 108 cm³/mol. The fourth-order valence-corrected chi connectivity index (χ4v) is 3.16. The van der Waals surface area contributed by atoms with Gasteiger partial charge in [0.25, 0.3) is 5.56 Å². The molecule has 4 rings (SSSR count). The van der Waals surface area contributed by atoms with E-state index in [4.69, 9.17) is 0 Å². The van der Waals surface area contributed by atoms with Crippen molar-refractivity contribution in [1.82, 2.24) is 19.3 Å². The summed E-state index contributed by atoms with van der Waals surface area (Å²) in [7, 11) is 0. The summed E-state index contributed by atoms with van der Waals surface area (Å²) < 4.78 is 2.90. The van der Waals surface area contributed by atoms with Crippen LogP contribution in [0.15, 0.2) is 65.8 Å². The quantitative estimate of drug-likeness (QED) is 0.596. The molecule has 140 valence electrons. The summed E-state index contributed by atoms with van der Waals surface area (Å²) in [5.41, 5.74) is 3.68. The Morgan fingerprint density at radius 1 is 1.04 bits per heavy atom. The Morgan fingerprint density at radius 2 is 1.75 bits per heavy atom. The first-order valence-electron chi connectivity index (χ1n) is 8.89. The number of benzene rings is 2. The van der Waals surface area contributed by atoms with Crippen molar-refractivity contribution in [2.45, 2.75) is 20.4 Å². The molecule has 0 radical (unpaired) electrons. The first kappa shape index (κ1) is 17.7. The monoisotopic (exact) mass is 373 g/mol. The van der Waals surface area contributed by atoms with Crippen LogP contribution in [0, 0.1) is 13.8 Å². The first-order chi connectivity index (χ1) is 13.5. The van der Waals surface area contributed by atoms with Gasteiger partial charge in [-0.25, -0.2) is 9.67 Å². The molecule has 7 heteroatoms. The summed E-state index contributed by atoms with van der Waals surface area (Å²) in [6, 6.07) is 15.3. The minimum Gasteiger partial charge on any atom is -0.324 e. The zero-order valence-electron chi connectivity index (χ0n) is 15.6. The molecule has 28 heavy (non-hydrogen) atoms. The van der Waals surface area contributed by atoms with Crippen LogP contribution in [0.5, 0.6) is 0 Å². The smallest absolute Gasteiger partial charge is 0.264 e. The molecule has 0 aliphatic rings. The van der Waals surface area contributed by atoms with Crippen molar-refractivity contribution in [3.8, 4) is 5.69 Å². The molecule has 0 fully saturated rings. The molecule has 0 aliphatic carbocycles. The highest BCUT2D eigenvalue weighted by molar-refractivity contribution is 5.92. The van der Waals surface area contributed by atoms with Gasteiger partial charge in [0.15, 0.2) is 5.65 Å². The van der Waals surface area contributed by atoms with Crippen LogP contribution in [0.2, 0.25) is 0 Å². The molecule has 1 amide bonds. The number of hydrogen-bond donors (Lipinski definition) is 1. The second-order valence-corrected chi connectivity index (χ2v) is 6.62. The van der Waals surface area contributed by atoms with E-state index in [1.54, 1.807) is 4.68 Å². The largest absolute Gasteiger partial charge is 0.324 e. The van der Waals surface area contributed by atoms with E-state index in [0.717, 1.165) is 22.5 Å². The summed E-state index contributed by atoms with van der Waals surface area (Å²) in [6.07, 6.45) is 2.87. The van der Waals surface area contributed by atoms with Crippen LogP contribution in [0.1, 0.15) is 11.1 Å². The molecule has 0 bridgehead atoms. The second kappa shape index (κ2) is 7.11. The summed E-state index contributed by atoms with van der Waals surface area (Å²) in [5, 5.41) is 7.53. The number of nitrogens with one attached hydrogen (secondary N) is 1. The van der Waals surface area contributed by atoms with Crippen LogP contribution in [0.4, 0.5) is 5.69 Å². The topological polar surface area (TPSA) is 81.8 Å². The number of nitrogens with zero attached hydrogens (tertiary/aromatic N) is 4. The van der Waals surface area contributed by atoms with E-state index < -0.39 is 0 Å². The van der Waals surface area contributed by atoms with Gasteiger partial charge < -0.3 is 5.32 Å². The molecule has 4 aromatic rings. The third kappa shape index (κ3) is 3.18. The van der Waals surface area contributed by atoms with Gasteiger partial charge in [-0.1, -0.05) is 36.4 Å². The van der Waals surface area contributed by atoms with E-state index in [9.17, 15) is 9.59 Å². The number of aromatic nitrogens is 4. The molecule has 0 atom stereocenters. The van der Waals surface area contributed by atoms with E-state index in [1.165, 1.54) is 17.1 Å². The summed E-state index contributed by atoms with van der Waals surface area (Å²) in [4.78, 5) is 29.6. The first-order valence-corrected chi connectivity index (χ1v) is 8.89. The van der Waals surface area contributed by atoms with E-state index in [2.05, 4.69) is 15.4 Å². The van der Waals surface area contributed by atoms with Crippen molar-refractivity contribution in [3.05, 3.63) is 82.5 Å². The van der Waals surface area contributed by atoms with Crippen molar-refractivity contribution < 1.29 is 4.79 Å². The molecule has 0 saturated heterocycles. The molecule has 2 aromatic carbocycles. The highest BCUT2D eigenvalue weighted by Crippen LogP contribution is 2.19. The van der Waals surface area contributed by atoms with Crippen molar-refractivity contribution in [3.63, 3.8) is 0 Å². The van der Waals surface area contributed by atoms with Crippen LogP contribution < -0.4 is 10.9 Å². The fraction of sp³-hybridized carbons (Fsp3) is 0.143. The minimum atomic E-state index is -0.302. The Morgan fingerprint density at radius 3 is 2.46 bits per heavy atom. The van der Waals surface area contributed by atoms with Gasteiger partial charge in [0.2, 0.25) is 5.91 Å². The average Bonchev–Trinajstić information content (AvgIpc) is 3.13. The van der Waals surface area contributed by atoms with Gasteiger partial charge in [0, 0.05) is 5.69 Å². The third-order valence-electron chi connectivity index (χ3n) is 4.61. The van der Waals surface area contributed by atoms with Gasteiger partial charge >= 0.3 is 0 Å². The minimum absolute atomic E-state index is 0.119. The van der Waals surface area contributed by atoms with Gasteiger partial charge in [-0.05, 0) is 37.1 Å². The number of carbonyl (C=O) groups is 1. The molecular weight excluding hydrogens is 354 g/mol. The lowest BCUT2D eigenvalue weighted by molar-refractivity contribution is -0.116. The van der Waals surface area contributed by atoms with Crippen molar-refractivity contribution >= 4 is 22.6 Å². The van der Waals surface area contributed by atoms with Crippen LogP contribution in [-0.4, -0.2) is 25.2 Å². The number of rotatable bonds is 4. The number of carbonyl (C=O) groups excluding carboxylic acids is 1. The predicted octanol–water partition coefficient (Wildman–Crippen LogP) is 2.84. The van der Waals surface area contributed by atoms with Gasteiger partial charge in [-0.15, -0.1) is 0 Å². The normalized spacial score (nSPS) is 10.9. The lowest BCUT2D eigenvalue weighted by Gasteiger charge is -2.12. The van der Waals surface area contributed by atoms with Gasteiger partial charge in [-0.2, -0.15) is 5.10 Å². The summed E-state index contributed by atoms with van der Waals surface area (Å²) in [6.45, 7) is 3.74. The van der Waals surface area contributed by atoms with E-state index in [-0.39, 0.29) is 18.0 Å². The van der Waals surface area contributed by atoms with Gasteiger partial charge in [0.05, 0.1) is 11.9 Å². The number of aryl methyl sites for hydroxylation is 2. The summed E-state index contributed by atoms with van der Waals surface area (Å²) in [5.74, 6) is -0.281. The molecular formula is C21H19N5O2.